The lowest BCUT2D eigenvalue weighted by atomic mass is 10.2. The number of nitrogens with one attached hydrogen (secondary N) is 1. The molecular formula is C14H9BrClFN2O. The van der Waals surface area contributed by atoms with Crippen LogP contribution in [0.4, 0.5) is 4.39 Å². The van der Waals surface area contributed by atoms with Gasteiger partial charge in [-0.05, 0) is 40.2 Å². The van der Waals surface area contributed by atoms with Crippen molar-refractivity contribution < 1.29 is 9.18 Å². The van der Waals surface area contributed by atoms with Crippen LogP contribution in [0.2, 0.25) is 5.02 Å². The minimum atomic E-state index is -0.503. The van der Waals surface area contributed by atoms with E-state index in [2.05, 4.69) is 26.5 Å². The van der Waals surface area contributed by atoms with Crippen molar-refractivity contribution in [3.8, 4) is 0 Å². The molecule has 1 N–H and O–H groups in total. The van der Waals surface area contributed by atoms with Gasteiger partial charge in [0.25, 0.3) is 5.91 Å². The van der Waals surface area contributed by atoms with Crippen molar-refractivity contribution >= 4 is 39.7 Å². The van der Waals surface area contributed by atoms with Crippen molar-refractivity contribution in [2.45, 2.75) is 0 Å². The first kappa shape index (κ1) is 14.7. The molecule has 0 bridgehead atoms. The highest BCUT2D eigenvalue weighted by atomic mass is 79.9. The fourth-order valence-corrected chi connectivity index (χ4v) is 2.17. The maximum atomic E-state index is 13.5. The number of carbonyl (C=O) groups is 1. The van der Waals surface area contributed by atoms with Crippen LogP contribution >= 0.6 is 27.5 Å². The molecule has 0 aliphatic heterocycles. The fraction of sp³-hybridized carbons (Fsp3) is 0. The molecule has 0 saturated carbocycles. The summed E-state index contributed by atoms with van der Waals surface area (Å²) in [6.07, 6.45) is 1.17. The van der Waals surface area contributed by atoms with E-state index in [0.717, 1.165) is 0 Å². The Balaban J connectivity index is 2.11. The van der Waals surface area contributed by atoms with E-state index in [4.69, 9.17) is 11.6 Å². The monoisotopic (exact) mass is 354 g/mol. The van der Waals surface area contributed by atoms with Crippen molar-refractivity contribution in [3.63, 3.8) is 0 Å². The van der Waals surface area contributed by atoms with Gasteiger partial charge in [0.2, 0.25) is 0 Å². The quantitative estimate of drug-likeness (QED) is 0.656. The van der Waals surface area contributed by atoms with Crippen molar-refractivity contribution in [2.24, 2.45) is 5.10 Å². The zero-order chi connectivity index (χ0) is 14.5. The van der Waals surface area contributed by atoms with Crippen LogP contribution < -0.4 is 5.43 Å². The van der Waals surface area contributed by atoms with Crippen LogP contribution in [-0.2, 0) is 0 Å². The molecule has 0 atom stereocenters. The Morgan fingerprint density at radius 2 is 2.00 bits per heavy atom. The molecule has 0 heterocycles. The van der Waals surface area contributed by atoms with E-state index < -0.39 is 11.7 Å². The number of nitrogens with zero attached hydrogens (tertiary/aromatic N) is 1. The van der Waals surface area contributed by atoms with Gasteiger partial charge in [-0.2, -0.15) is 5.10 Å². The zero-order valence-corrected chi connectivity index (χ0v) is 12.5. The predicted molar refractivity (Wildman–Crippen MR) is 80.6 cm³/mol. The first-order chi connectivity index (χ1) is 9.59. The van der Waals surface area contributed by atoms with E-state index in [1.165, 1.54) is 18.3 Å². The second-order valence-electron chi connectivity index (χ2n) is 3.81. The number of amides is 1. The average Bonchev–Trinajstić information content (AvgIpc) is 2.42. The predicted octanol–water partition coefficient (Wildman–Crippen LogP) is 4.01. The Hall–Kier alpha value is -1.72. The summed E-state index contributed by atoms with van der Waals surface area (Å²) < 4.78 is 14.1. The number of halogens is 3. The summed E-state index contributed by atoms with van der Waals surface area (Å²) in [5.74, 6) is -0.905. The number of hydrogen-bond acceptors (Lipinski definition) is 2. The fourth-order valence-electron chi connectivity index (χ4n) is 1.50. The second kappa shape index (κ2) is 6.63. The molecule has 0 aromatic heterocycles. The number of hydrazone groups is 1. The summed E-state index contributed by atoms with van der Waals surface area (Å²) in [6, 6.07) is 11.2. The maximum absolute atomic E-state index is 13.5. The molecule has 20 heavy (non-hydrogen) atoms. The topological polar surface area (TPSA) is 41.5 Å². The highest BCUT2D eigenvalue weighted by Gasteiger charge is 2.08. The Morgan fingerprint density at radius 1 is 1.25 bits per heavy atom. The third-order valence-corrected chi connectivity index (χ3v) is 3.50. The van der Waals surface area contributed by atoms with E-state index in [-0.39, 0.29) is 10.6 Å². The van der Waals surface area contributed by atoms with E-state index in [1.54, 1.807) is 30.3 Å². The van der Waals surface area contributed by atoms with Gasteiger partial charge in [0.1, 0.15) is 5.82 Å². The first-order valence-corrected chi connectivity index (χ1v) is 6.78. The summed E-state index contributed by atoms with van der Waals surface area (Å²) in [4.78, 5) is 11.8. The van der Waals surface area contributed by atoms with Crippen LogP contribution in [0.5, 0.6) is 0 Å². The van der Waals surface area contributed by atoms with Crippen LogP contribution in [-0.4, -0.2) is 12.1 Å². The van der Waals surface area contributed by atoms with Gasteiger partial charge < -0.3 is 0 Å². The molecule has 0 fully saturated rings. The van der Waals surface area contributed by atoms with Crippen molar-refractivity contribution in [2.75, 3.05) is 0 Å². The SMILES string of the molecule is O=C(N/N=C/c1c(F)cccc1Cl)c1ccccc1Br. The number of benzene rings is 2. The van der Waals surface area contributed by atoms with Crippen molar-refractivity contribution in [1.29, 1.82) is 0 Å². The molecular weight excluding hydrogens is 347 g/mol. The lowest BCUT2D eigenvalue weighted by Crippen LogP contribution is -2.18. The summed E-state index contributed by atoms with van der Waals surface area (Å²) in [5, 5.41) is 3.94. The van der Waals surface area contributed by atoms with E-state index in [0.29, 0.717) is 10.0 Å². The van der Waals surface area contributed by atoms with Gasteiger partial charge in [0.05, 0.1) is 16.8 Å². The Labute approximate surface area is 128 Å². The highest BCUT2D eigenvalue weighted by molar-refractivity contribution is 9.10. The maximum Gasteiger partial charge on any atom is 0.272 e. The molecule has 0 aliphatic rings. The smallest absolute Gasteiger partial charge is 0.267 e. The molecule has 2 rings (SSSR count). The minimum Gasteiger partial charge on any atom is -0.267 e. The molecule has 2 aromatic carbocycles. The van der Waals surface area contributed by atoms with E-state index in [9.17, 15) is 9.18 Å². The molecule has 2 aromatic rings. The summed E-state index contributed by atoms with van der Waals surface area (Å²) in [7, 11) is 0. The Bertz CT molecular complexity index is 656. The normalized spacial score (nSPS) is 10.8. The first-order valence-electron chi connectivity index (χ1n) is 5.61. The number of carbonyl (C=O) groups excluding carboxylic acids is 1. The van der Waals surface area contributed by atoms with Gasteiger partial charge >= 0.3 is 0 Å². The van der Waals surface area contributed by atoms with Gasteiger partial charge in [-0.25, -0.2) is 9.82 Å². The van der Waals surface area contributed by atoms with Crippen LogP contribution in [0.3, 0.4) is 0 Å². The summed E-state index contributed by atoms with van der Waals surface area (Å²) in [5.41, 5.74) is 2.88. The van der Waals surface area contributed by atoms with Gasteiger partial charge in [-0.15, -0.1) is 0 Å². The molecule has 0 radical (unpaired) electrons. The Kier molecular flexibility index (Phi) is 4.87. The van der Waals surface area contributed by atoms with Crippen LogP contribution in [0, 0.1) is 5.82 Å². The van der Waals surface area contributed by atoms with E-state index >= 15 is 0 Å². The zero-order valence-electron chi connectivity index (χ0n) is 10.1. The van der Waals surface area contributed by atoms with Crippen molar-refractivity contribution in [3.05, 3.63) is 68.9 Å². The largest absolute Gasteiger partial charge is 0.272 e. The second-order valence-corrected chi connectivity index (χ2v) is 5.08. The number of rotatable bonds is 3. The molecule has 0 spiro atoms. The van der Waals surface area contributed by atoms with Gasteiger partial charge in [-0.1, -0.05) is 29.8 Å². The molecule has 3 nitrogen and oxygen atoms in total. The lowest BCUT2D eigenvalue weighted by molar-refractivity contribution is 0.0954. The number of hydrogen-bond donors (Lipinski definition) is 1. The molecule has 1 amide bonds. The van der Waals surface area contributed by atoms with Gasteiger partial charge in [0.15, 0.2) is 0 Å². The van der Waals surface area contributed by atoms with Gasteiger partial charge in [0, 0.05) is 10.0 Å². The van der Waals surface area contributed by atoms with E-state index in [1.807, 2.05) is 0 Å². The Morgan fingerprint density at radius 3 is 2.70 bits per heavy atom. The lowest BCUT2D eigenvalue weighted by Gasteiger charge is -2.02. The van der Waals surface area contributed by atoms with Crippen molar-refractivity contribution in [1.82, 2.24) is 5.43 Å². The molecule has 0 saturated heterocycles. The third-order valence-electron chi connectivity index (χ3n) is 2.48. The standard InChI is InChI=1S/C14H9BrClFN2O/c15-11-5-2-1-4-9(11)14(20)19-18-8-10-12(16)6-3-7-13(10)17/h1-8H,(H,19,20)/b18-8+. The molecule has 6 heteroatoms. The third kappa shape index (κ3) is 3.43. The molecule has 102 valence electrons. The molecule has 0 unspecified atom stereocenters. The highest BCUT2D eigenvalue weighted by Crippen LogP contribution is 2.17. The van der Waals surface area contributed by atoms with Crippen LogP contribution in [0.1, 0.15) is 15.9 Å². The average molecular weight is 356 g/mol. The van der Waals surface area contributed by atoms with Crippen LogP contribution in [0.25, 0.3) is 0 Å². The van der Waals surface area contributed by atoms with Crippen LogP contribution in [0.15, 0.2) is 52.0 Å². The van der Waals surface area contributed by atoms with Gasteiger partial charge in [-0.3, -0.25) is 4.79 Å². The molecule has 0 aliphatic carbocycles. The summed E-state index contributed by atoms with van der Waals surface area (Å²) >= 11 is 9.10. The summed E-state index contributed by atoms with van der Waals surface area (Å²) in [6.45, 7) is 0. The minimum absolute atomic E-state index is 0.126.